The first-order valence-corrected chi connectivity index (χ1v) is 8.54. The molecule has 3 rings (SSSR count). The SMILES string of the molecule is CC1CN(c2ccc(B3OC(C)(C)C(C)(C)O3)cc2)C[C@@H](C)O1. The molecule has 0 aromatic heterocycles. The standard InChI is InChI=1S/C18H28BNO3/c1-13-11-20(12-14(2)21-13)16-9-7-15(8-10-16)19-22-17(3,4)18(5,6)23-19/h7-10,13-14H,11-12H2,1-6H3/t13-,14?/m1/s1. The van der Waals surface area contributed by atoms with E-state index in [1.165, 1.54) is 5.69 Å². The van der Waals surface area contributed by atoms with Gasteiger partial charge in [-0.1, -0.05) is 12.1 Å². The number of morpholine rings is 1. The van der Waals surface area contributed by atoms with E-state index in [0.717, 1.165) is 18.6 Å². The molecule has 1 aromatic carbocycles. The predicted octanol–water partition coefficient (Wildman–Crippen LogP) is 2.60. The van der Waals surface area contributed by atoms with Gasteiger partial charge >= 0.3 is 7.12 Å². The Morgan fingerprint density at radius 1 is 0.913 bits per heavy atom. The number of ether oxygens (including phenoxy) is 1. The van der Waals surface area contributed by atoms with Crippen LogP contribution in [0, 0.1) is 0 Å². The zero-order valence-electron chi connectivity index (χ0n) is 15.1. The fourth-order valence-corrected chi connectivity index (χ4v) is 3.21. The van der Waals surface area contributed by atoms with Crippen LogP contribution in [0.2, 0.25) is 0 Å². The number of hydrogen-bond donors (Lipinski definition) is 0. The van der Waals surface area contributed by atoms with E-state index in [4.69, 9.17) is 14.0 Å². The first-order chi connectivity index (χ1) is 10.7. The molecule has 0 spiro atoms. The van der Waals surface area contributed by atoms with Crippen molar-refractivity contribution in [2.75, 3.05) is 18.0 Å². The Morgan fingerprint density at radius 3 is 1.87 bits per heavy atom. The molecule has 23 heavy (non-hydrogen) atoms. The largest absolute Gasteiger partial charge is 0.494 e. The Balaban J connectivity index is 1.73. The molecule has 2 aliphatic rings. The van der Waals surface area contributed by atoms with Crippen LogP contribution in [0.3, 0.4) is 0 Å². The summed E-state index contributed by atoms with van der Waals surface area (Å²) in [6, 6.07) is 8.54. The average molecular weight is 317 g/mol. The van der Waals surface area contributed by atoms with Crippen molar-refractivity contribution in [3.8, 4) is 0 Å². The molecule has 2 saturated heterocycles. The summed E-state index contributed by atoms with van der Waals surface area (Å²) in [6.45, 7) is 14.4. The van der Waals surface area contributed by atoms with Gasteiger partial charge in [0.2, 0.25) is 0 Å². The van der Waals surface area contributed by atoms with Crippen molar-refractivity contribution in [3.63, 3.8) is 0 Å². The summed E-state index contributed by atoms with van der Waals surface area (Å²) in [5, 5.41) is 0. The van der Waals surface area contributed by atoms with E-state index < -0.39 is 0 Å². The lowest BCUT2D eigenvalue weighted by molar-refractivity contribution is -0.00521. The van der Waals surface area contributed by atoms with Crippen LogP contribution in [0.15, 0.2) is 24.3 Å². The van der Waals surface area contributed by atoms with Crippen LogP contribution in [0.25, 0.3) is 0 Å². The van der Waals surface area contributed by atoms with Gasteiger partial charge in [0.1, 0.15) is 0 Å². The molecule has 0 saturated carbocycles. The summed E-state index contributed by atoms with van der Waals surface area (Å²) < 4.78 is 18.0. The highest BCUT2D eigenvalue weighted by molar-refractivity contribution is 6.62. The third-order valence-corrected chi connectivity index (χ3v) is 5.20. The van der Waals surface area contributed by atoms with Crippen molar-refractivity contribution >= 4 is 18.3 Å². The first-order valence-electron chi connectivity index (χ1n) is 8.54. The molecule has 2 heterocycles. The zero-order chi connectivity index (χ0) is 16.8. The van der Waals surface area contributed by atoms with Crippen molar-refractivity contribution in [1.82, 2.24) is 0 Å². The minimum atomic E-state index is -0.300. The van der Waals surface area contributed by atoms with Crippen LogP contribution >= 0.6 is 0 Å². The average Bonchev–Trinajstić information content (AvgIpc) is 2.66. The fraction of sp³-hybridized carbons (Fsp3) is 0.667. The molecule has 2 atom stereocenters. The van der Waals surface area contributed by atoms with Gasteiger partial charge < -0.3 is 18.9 Å². The molecule has 2 fully saturated rings. The van der Waals surface area contributed by atoms with Crippen LogP contribution in [-0.4, -0.2) is 43.6 Å². The molecule has 5 heteroatoms. The predicted molar refractivity (Wildman–Crippen MR) is 94.4 cm³/mol. The van der Waals surface area contributed by atoms with Gasteiger partial charge in [0.25, 0.3) is 0 Å². The summed E-state index contributed by atoms with van der Waals surface area (Å²) in [7, 11) is -0.295. The first kappa shape index (κ1) is 16.8. The highest BCUT2D eigenvalue weighted by Crippen LogP contribution is 2.36. The third kappa shape index (κ3) is 3.28. The molecule has 0 aliphatic carbocycles. The maximum Gasteiger partial charge on any atom is 0.494 e. The highest BCUT2D eigenvalue weighted by atomic mass is 16.7. The van der Waals surface area contributed by atoms with Gasteiger partial charge in [-0.05, 0) is 59.1 Å². The summed E-state index contributed by atoms with van der Waals surface area (Å²) in [5.74, 6) is 0. The lowest BCUT2D eigenvalue weighted by atomic mass is 9.79. The van der Waals surface area contributed by atoms with Gasteiger partial charge in [-0.15, -0.1) is 0 Å². The minimum Gasteiger partial charge on any atom is -0.399 e. The summed E-state index contributed by atoms with van der Waals surface area (Å²) in [5.41, 5.74) is 1.70. The van der Waals surface area contributed by atoms with E-state index in [-0.39, 0.29) is 30.5 Å². The molecular weight excluding hydrogens is 289 g/mol. The number of rotatable bonds is 2. The van der Waals surface area contributed by atoms with Gasteiger partial charge in [0.05, 0.1) is 23.4 Å². The second kappa shape index (κ2) is 5.80. The normalized spacial score (nSPS) is 29.8. The third-order valence-electron chi connectivity index (χ3n) is 5.20. The fourth-order valence-electron chi connectivity index (χ4n) is 3.21. The lowest BCUT2D eigenvalue weighted by Gasteiger charge is -2.37. The van der Waals surface area contributed by atoms with Crippen LogP contribution < -0.4 is 10.4 Å². The van der Waals surface area contributed by atoms with E-state index in [0.29, 0.717) is 0 Å². The van der Waals surface area contributed by atoms with Gasteiger partial charge in [0.15, 0.2) is 0 Å². The topological polar surface area (TPSA) is 30.9 Å². The van der Waals surface area contributed by atoms with Gasteiger partial charge in [-0.25, -0.2) is 0 Å². The second-order valence-corrected chi connectivity index (χ2v) is 7.84. The molecule has 0 radical (unpaired) electrons. The minimum absolute atomic E-state index is 0.265. The second-order valence-electron chi connectivity index (χ2n) is 7.84. The molecule has 0 amide bonds. The van der Waals surface area contributed by atoms with Crippen molar-refractivity contribution in [2.45, 2.75) is 65.0 Å². The van der Waals surface area contributed by atoms with E-state index in [9.17, 15) is 0 Å². The van der Waals surface area contributed by atoms with E-state index in [2.05, 4.69) is 70.7 Å². The van der Waals surface area contributed by atoms with Crippen LogP contribution in [-0.2, 0) is 14.0 Å². The Morgan fingerprint density at radius 2 is 1.39 bits per heavy atom. The van der Waals surface area contributed by atoms with Crippen molar-refractivity contribution in [1.29, 1.82) is 0 Å². The monoisotopic (exact) mass is 317 g/mol. The number of hydrogen-bond acceptors (Lipinski definition) is 4. The van der Waals surface area contributed by atoms with E-state index in [1.807, 2.05) is 0 Å². The Hall–Kier alpha value is -1.04. The molecule has 1 aromatic rings. The molecule has 4 nitrogen and oxygen atoms in total. The zero-order valence-corrected chi connectivity index (χ0v) is 15.1. The molecule has 0 bridgehead atoms. The number of nitrogens with zero attached hydrogens (tertiary/aromatic N) is 1. The number of anilines is 1. The van der Waals surface area contributed by atoms with E-state index in [1.54, 1.807) is 0 Å². The Bertz CT molecular complexity index is 532. The summed E-state index contributed by atoms with van der Waals surface area (Å²) in [4.78, 5) is 2.38. The molecule has 2 aliphatic heterocycles. The highest BCUT2D eigenvalue weighted by Gasteiger charge is 2.51. The summed E-state index contributed by atoms with van der Waals surface area (Å²) in [6.07, 6.45) is 0.531. The quantitative estimate of drug-likeness (QED) is 0.785. The Labute approximate surface area is 140 Å². The smallest absolute Gasteiger partial charge is 0.399 e. The van der Waals surface area contributed by atoms with Crippen molar-refractivity contribution in [3.05, 3.63) is 24.3 Å². The van der Waals surface area contributed by atoms with Crippen LogP contribution in [0.4, 0.5) is 5.69 Å². The van der Waals surface area contributed by atoms with Crippen LogP contribution in [0.1, 0.15) is 41.5 Å². The van der Waals surface area contributed by atoms with E-state index >= 15 is 0 Å². The van der Waals surface area contributed by atoms with Crippen molar-refractivity contribution in [2.24, 2.45) is 0 Å². The lowest BCUT2D eigenvalue weighted by Crippen LogP contribution is -2.45. The Kier molecular flexibility index (Phi) is 4.24. The maximum absolute atomic E-state index is 6.11. The maximum atomic E-state index is 6.11. The number of benzene rings is 1. The molecule has 0 N–H and O–H groups in total. The van der Waals surface area contributed by atoms with Gasteiger partial charge in [-0.3, -0.25) is 0 Å². The van der Waals surface area contributed by atoms with Gasteiger partial charge in [-0.2, -0.15) is 0 Å². The van der Waals surface area contributed by atoms with Crippen molar-refractivity contribution < 1.29 is 14.0 Å². The van der Waals surface area contributed by atoms with Gasteiger partial charge in [0, 0.05) is 18.8 Å². The van der Waals surface area contributed by atoms with Crippen LogP contribution in [0.5, 0.6) is 0 Å². The molecular formula is C18H28BNO3. The molecule has 126 valence electrons. The molecule has 1 unspecified atom stereocenters. The summed E-state index contributed by atoms with van der Waals surface area (Å²) >= 11 is 0.